The van der Waals surface area contributed by atoms with Crippen LogP contribution in [0.15, 0.2) is 21.7 Å². The van der Waals surface area contributed by atoms with Crippen molar-refractivity contribution >= 4 is 39.5 Å². The number of nitrogens with zero attached hydrogens (tertiary/aromatic N) is 1. The predicted octanol–water partition coefficient (Wildman–Crippen LogP) is 1.59. The number of aromatic hydroxyl groups is 1. The Kier molecular flexibility index (Phi) is 5.17. The summed E-state index contributed by atoms with van der Waals surface area (Å²) >= 11 is 8.16. The molecule has 0 radical (unpaired) electrons. The smallest absolute Gasteiger partial charge is 0.186 e. The van der Waals surface area contributed by atoms with Crippen LogP contribution in [0.5, 0.6) is 11.5 Å². The lowest BCUT2D eigenvalue weighted by atomic mass is 10.2. The van der Waals surface area contributed by atoms with Crippen LogP contribution in [-0.2, 0) is 0 Å². The second-order valence-corrected chi connectivity index (χ2v) is 4.32. The Labute approximate surface area is 113 Å². The quantitative estimate of drug-likeness (QED) is 0.449. The topological polar surface area (TPSA) is 65.9 Å². The molecule has 17 heavy (non-hydrogen) atoms. The minimum atomic E-state index is 0.0247. The van der Waals surface area contributed by atoms with Crippen LogP contribution in [0.1, 0.15) is 5.56 Å². The second-order valence-electron chi connectivity index (χ2n) is 3.00. The Balaban J connectivity index is 2.90. The van der Waals surface area contributed by atoms with Gasteiger partial charge in [0.05, 0.1) is 13.3 Å². The number of methoxy groups -OCH3 is 1. The van der Waals surface area contributed by atoms with Gasteiger partial charge in [-0.15, -0.1) is 0 Å². The average molecular weight is 318 g/mol. The van der Waals surface area contributed by atoms with Crippen LogP contribution in [0.4, 0.5) is 0 Å². The molecule has 0 bridgehead atoms. The van der Waals surface area contributed by atoms with E-state index in [-0.39, 0.29) is 5.75 Å². The molecule has 0 spiro atoms. The molecular formula is C10H12BrN3O2S. The summed E-state index contributed by atoms with van der Waals surface area (Å²) in [4.78, 5) is 0. The van der Waals surface area contributed by atoms with Crippen molar-refractivity contribution in [3.05, 3.63) is 22.2 Å². The molecule has 1 aromatic carbocycles. The van der Waals surface area contributed by atoms with Crippen molar-refractivity contribution in [1.82, 2.24) is 10.7 Å². The number of hydrogen-bond acceptors (Lipinski definition) is 4. The summed E-state index contributed by atoms with van der Waals surface area (Å²) in [5, 5.41) is 16.8. The number of thiocarbonyl (C=S) groups is 1. The van der Waals surface area contributed by atoms with Gasteiger partial charge >= 0.3 is 0 Å². The molecule has 0 aliphatic heterocycles. The van der Waals surface area contributed by atoms with E-state index in [4.69, 9.17) is 17.0 Å². The Bertz CT molecular complexity index is 451. The Morgan fingerprint density at radius 3 is 2.88 bits per heavy atom. The fourth-order valence-electron chi connectivity index (χ4n) is 1.06. The van der Waals surface area contributed by atoms with Crippen LogP contribution in [0, 0.1) is 0 Å². The van der Waals surface area contributed by atoms with Gasteiger partial charge in [0, 0.05) is 17.1 Å². The number of ether oxygens (including phenoxy) is 1. The summed E-state index contributed by atoms with van der Waals surface area (Å²) < 4.78 is 5.80. The summed E-state index contributed by atoms with van der Waals surface area (Å²) in [5.41, 5.74) is 3.10. The largest absolute Gasteiger partial charge is 0.504 e. The zero-order valence-electron chi connectivity index (χ0n) is 9.32. The minimum Gasteiger partial charge on any atom is -0.504 e. The van der Waals surface area contributed by atoms with Crippen LogP contribution >= 0.6 is 28.1 Å². The summed E-state index contributed by atoms with van der Waals surface area (Å²) in [5.74, 6) is 0.397. The summed E-state index contributed by atoms with van der Waals surface area (Å²) in [6.07, 6.45) is 1.45. The Hall–Kier alpha value is -1.34. The monoisotopic (exact) mass is 317 g/mol. The van der Waals surface area contributed by atoms with Gasteiger partial charge in [0.15, 0.2) is 16.6 Å². The maximum atomic E-state index is 9.82. The van der Waals surface area contributed by atoms with Gasteiger partial charge in [-0.2, -0.15) is 5.10 Å². The SMILES string of the molecule is CNC(=S)NN=Cc1cc(Br)cc(OC)c1O. The van der Waals surface area contributed by atoms with E-state index in [1.54, 1.807) is 19.2 Å². The lowest BCUT2D eigenvalue weighted by Gasteiger charge is -2.07. The third kappa shape index (κ3) is 3.86. The highest BCUT2D eigenvalue weighted by Crippen LogP contribution is 2.32. The van der Waals surface area contributed by atoms with Crippen LogP contribution < -0.4 is 15.5 Å². The molecule has 0 saturated heterocycles. The molecule has 1 rings (SSSR count). The lowest BCUT2D eigenvalue weighted by Crippen LogP contribution is -2.28. The molecule has 0 heterocycles. The normalized spacial score (nSPS) is 10.3. The van der Waals surface area contributed by atoms with E-state index < -0.39 is 0 Å². The number of hydrogen-bond donors (Lipinski definition) is 3. The molecule has 1 aromatic rings. The number of halogens is 1. The molecule has 0 aliphatic rings. The highest BCUT2D eigenvalue weighted by molar-refractivity contribution is 9.10. The first kappa shape index (κ1) is 13.7. The fraction of sp³-hybridized carbons (Fsp3) is 0.200. The third-order valence-electron chi connectivity index (χ3n) is 1.89. The number of phenols is 1. The molecule has 0 fully saturated rings. The summed E-state index contributed by atoms with van der Waals surface area (Å²) in [7, 11) is 3.17. The van der Waals surface area contributed by atoms with Crippen LogP contribution in [0.3, 0.4) is 0 Å². The highest BCUT2D eigenvalue weighted by atomic mass is 79.9. The molecule has 5 nitrogen and oxygen atoms in total. The van der Waals surface area contributed by atoms with Crippen molar-refractivity contribution < 1.29 is 9.84 Å². The first-order valence-electron chi connectivity index (χ1n) is 4.65. The van der Waals surface area contributed by atoms with E-state index in [9.17, 15) is 5.11 Å². The number of rotatable bonds is 3. The van der Waals surface area contributed by atoms with Gasteiger partial charge in [0.25, 0.3) is 0 Å². The highest BCUT2D eigenvalue weighted by Gasteiger charge is 2.07. The van der Waals surface area contributed by atoms with E-state index in [2.05, 4.69) is 31.8 Å². The van der Waals surface area contributed by atoms with Crippen molar-refractivity contribution in [1.29, 1.82) is 0 Å². The maximum Gasteiger partial charge on any atom is 0.186 e. The van der Waals surface area contributed by atoms with Crippen molar-refractivity contribution in [3.63, 3.8) is 0 Å². The Morgan fingerprint density at radius 2 is 2.29 bits per heavy atom. The number of benzene rings is 1. The fourth-order valence-corrected chi connectivity index (χ4v) is 1.57. The van der Waals surface area contributed by atoms with Crippen molar-refractivity contribution in [2.75, 3.05) is 14.2 Å². The molecule has 0 aromatic heterocycles. The molecule has 3 N–H and O–H groups in total. The molecule has 0 unspecified atom stereocenters. The van der Waals surface area contributed by atoms with Crippen molar-refractivity contribution in [2.45, 2.75) is 0 Å². The summed E-state index contributed by atoms with van der Waals surface area (Å²) in [6, 6.07) is 3.38. The van der Waals surface area contributed by atoms with Gasteiger partial charge in [0.1, 0.15) is 0 Å². The summed E-state index contributed by atoms with van der Waals surface area (Å²) in [6.45, 7) is 0. The van der Waals surface area contributed by atoms with Crippen molar-refractivity contribution in [2.24, 2.45) is 5.10 Å². The molecule has 7 heteroatoms. The average Bonchev–Trinajstić information content (AvgIpc) is 2.32. The Morgan fingerprint density at radius 1 is 1.59 bits per heavy atom. The third-order valence-corrected chi connectivity index (χ3v) is 2.64. The first-order chi connectivity index (χ1) is 8.08. The molecule has 0 saturated carbocycles. The van der Waals surface area contributed by atoms with Gasteiger partial charge < -0.3 is 15.2 Å². The van der Waals surface area contributed by atoms with Crippen LogP contribution in [0.2, 0.25) is 0 Å². The molecule has 0 amide bonds. The lowest BCUT2D eigenvalue weighted by molar-refractivity contribution is 0.373. The van der Waals surface area contributed by atoms with Gasteiger partial charge in [-0.05, 0) is 24.4 Å². The molecule has 0 aliphatic carbocycles. The minimum absolute atomic E-state index is 0.0247. The number of hydrazone groups is 1. The van der Waals surface area contributed by atoms with Gasteiger partial charge in [-0.1, -0.05) is 15.9 Å². The molecule has 92 valence electrons. The van der Waals surface area contributed by atoms with E-state index >= 15 is 0 Å². The van der Waals surface area contributed by atoms with E-state index in [1.165, 1.54) is 13.3 Å². The van der Waals surface area contributed by atoms with Crippen LogP contribution in [-0.4, -0.2) is 30.6 Å². The van der Waals surface area contributed by atoms with Crippen LogP contribution in [0.25, 0.3) is 0 Å². The van der Waals surface area contributed by atoms with E-state index in [0.717, 1.165) is 4.47 Å². The second kappa shape index (κ2) is 6.41. The molecular weight excluding hydrogens is 306 g/mol. The standard InChI is InChI=1S/C10H12BrN3O2S/c1-12-10(17)14-13-5-6-3-7(11)4-8(16-2)9(6)15/h3-5,15H,1-2H3,(H2,12,14,17). The van der Waals surface area contributed by atoms with Gasteiger partial charge in [-0.25, -0.2) is 0 Å². The van der Waals surface area contributed by atoms with Gasteiger partial charge in [-0.3, -0.25) is 5.43 Å². The predicted molar refractivity (Wildman–Crippen MR) is 74.7 cm³/mol. The maximum absolute atomic E-state index is 9.82. The zero-order chi connectivity index (χ0) is 12.8. The number of nitrogens with one attached hydrogen (secondary N) is 2. The number of phenolic OH excluding ortho intramolecular Hbond substituents is 1. The van der Waals surface area contributed by atoms with E-state index in [1.807, 2.05) is 0 Å². The van der Waals surface area contributed by atoms with Gasteiger partial charge in [0.2, 0.25) is 0 Å². The van der Waals surface area contributed by atoms with E-state index in [0.29, 0.717) is 16.4 Å². The first-order valence-corrected chi connectivity index (χ1v) is 5.86. The zero-order valence-corrected chi connectivity index (χ0v) is 11.7. The molecule has 0 atom stereocenters. The van der Waals surface area contributed by atoms with Crippen molar-refractivity contribution in [3.8, 4) is 11.5 Å².